The third-order valence-electron chi connectivity index (χ3n) is 5.91. The second kappa shape index (κ2) is 10.5. The van der Waals surface area contributed by atoms with Gasteiger partial charge in [0.05, 0.1) is 23.8 Å². The molecular weight excluding hydrogens is 434 g/mol. The van der Waals surface area contributed by atoms with Crippen LogP contribution in [0.3, 0.4) is 0 Å². The van der Waals surface area contributed by atoms with Crippen LogP contribution in [0.5, 0.6) is 5.88 Å². The number of aliphatic hydroxyl groups is 1. The van der Waals surface area contributed by atoms with E-state index >= 15 is 0 Å². The average molecular weight is 466 g/mol. The number of rotatable bonds is 10. The third kappa shape index (κ3) is 6.02. The van der Waals surface area contributed by atoms with Crippen molar-refractivity contribution in [2.45, 2.75) is 45.8 Å². The molecule has 2 atom stereocenters. The SMILES string of the molecule is Cc1ccccc1C(CC(=O)O)NC(=O)c1cc(OCC(C)(O)C(C)C)n(-c2ccccc2)n1. The predicted octanol–water partition coefficient (Wildman–Crippen LogP) is 3.91. The first-order chi connectivity index (χ1) is 16.1. The standard InChI is InChI=1S/C26H31N3O5/c1-17(2)26(4,33)16-34-23-14-22(28-29(23)19-11-6-5-7-12-19)25(32)27-21(15-24(30)31)20-13-9-8-10-18(20)3/h5-14,17,21,33H,15-16H2,1-4H3,(H,27,32)(H,30,31). The summed E-state index contributed by atoms with van der Waals surface area (Å²) in [6.45, 7) is 7.35. The number of benzene rings is 2. The number of hydrogen-bond donors (Lipinski definition) is 3. The maximum Gasteiger partial charge on any atom is 0.305 e. The average Bonchev–Trinajstić information content (AvgIpc) is 3.22. The minimum Gasteiger partial charge on any atom is -0.481 e. The molecule has 3 N–H and O–H groups in total. The minimum atomic E-state index is -1.08. The summed E-state index contributed by atoms with van der Waals surface area (Å²) in [6.07, 6.45) is -0.267. The van der Waals surface area contributed by atoms with E-state index in [9.17, 15) is 19.8 Å². The molecule has 0 saturated heterocycles. The molecule has 0 fully saturated rings. The number of aryl methyl sites for hydroxylation is 1. The number of nitrogens with one attached hydrogen (secondary N) is 1. The number of aromatic nitrogens is 2. The molecule has 0 spiro atoms. The van der Waals surface area contributed by atoms with Gasteiger partial charge in [0.15, 0.2) is 5.69 Å². The Morgan fingerprint density at radius 3 is 2.38 bits per heavy atom. The summed E-state index contributed by atoms with van der Waals surface area (Å²) in [4.78, 5) is 24.6. The summed E-state index contributed by atoms with van der Waals surface area (Å²) in [7, 11) is 0. The van der Waals surface area contributed by atoms with Gasteiger partial charge in [0.25, 0.3) is 5.91 Å². The lowest BCUT2D eigenvalue weighted by Gasteiger charge is -2.27. The van der Waals surface area contributed by atoms with Crippen LogP contribution in [0.1, 0.15) is 54.8 Å². The van der Waals surface area contributed by atoms with E-state index in [0.717, 1.165) is 11.1 Å². The van der Waals surface area contributed by atoms with Crippen molar-refractivity contribution in [3.63, 3.8) is 0 Å². The van der Waals surface area contributed by atoms with Gasteiger partial charge in [0.1, 0.15) is 6.61 Å². The number of nitrogens with zero attached hydrogens (tertiary/aromatic N) is 2. The van der Waals surface area contributed by atoms with Gasteiger partial charge in [0.2, 0.25) is 5.88 Å². The molecule has 3 rings (SSSR count). The molecule has 3 aromatic rings. The van der Waals surface area contributed by atoms with E-state index in [-0.39, 0.29) is 24.6 Å². The van der Waals surface area contributed by atoms with Crippen molar-refractivity contribution in [2.75, 3.05) is 6.61 Å². The number of aliphatic carboxylic acids is 1. The van der Waals surface area contributed by atoms with Crippen LogP contribution in [-0.4, -0.2) is 44.1 Å². The fourth-order valence-electron chi connectivity index (χ4n) is 3.34. The molecule has 8 heteroatoms. The summed E-state index contributed by atoms with van der Waals surface area (Å²) >= 11 is 0. The lowest BCUT2D eigenvalue weighted by molar-refractivity contribution is -0.137. The highest BCUT2D eigenvalue weighted by molar-refractivity contribution is 5.93. The molecule has 0 bridgehead atoms. The van der Waals surface area contributed by atoms with E-state index in [4.69, 9.17) is 4.74 Å². The fraction of sp³-hybridized carbons (Fsp3) is 0.346. The molecule has 0 saturated carbocycles. The number of amides is 1. The van der Waals surface area contributed by atoms with Crippen LogP contribution in [0.25, 0.3) is 5.69 Å². The van der Waals surface area contributed by atoms with Crippen LogP contribution in [0, 0.1) is 12.8 Å². The summed E-state index contributed by atoms with van der Waals surface area (Å²) < 4.78 is 7.39. The van der Waals surface area contributed by atoms with E-state index in [0.29, 0.717) is 11.6 Å². The van der Waals surface area contributed by atoms with Crippen LogP contribution in [0.2, 0.25) is 0 Å². The Kier molecular flexibility index (Phi) is 7.73. The van der Waals surface area contributed by atoms with Crippen molar-refractivity contribution < 1.29 is 24.5 Å². The first kappa shape index (κ1) is 25.0. The van der Waals surface area contributed by atoms with Gasteiger partial charge in [-0.3, -0.25) is 9.59 Å². The molecule has 0 aliphatic rings. The second-order valence-corrected chi connectivity index (χ2v) is 8.90. The Morgan fingerprint density at radius 1 is 1.12 bits per heavy atom. The Hall–Kier alpha value is -3.65. The molecule has 0 aliphatic carbocycles. The zero-order valence-corrected chi connectivity index (χ0v) is 19.9. The van der Waals surface area contributed by atoms with Gasteiger partial charge in [-0.1, -0.05) is 56.3 Å². The molecule has 2 unspecified atom stereocenters. The highest BCUT2D eigenvalue weighted by atomic mass is 16.5. The Morgan fingerprint density at radius 2 is 1.76 bits per heavy atom. The predicted molar refractivity (Wildman–Crippen MR) is 128 cm³/mol. The largest absolute Gasteiger partial charge is 0.481 e. The molecule has 1 heterocycles. The fourth-order valence-corrected chi connectivity index (χ4v) is 3.34. The minimum absolute atomic E-state index is 0.00903. The lowest BCUT2D eigenvalue weighted by atomic mass is 9.94. The number of carbonyl (C=O) groups is 2. The summed E-state index contributed by atoms with van der Waals surface area (Å²) in [5.74, 6) is -1.30. The Balaban J connectivity index is 1.91. The first-order valence-electron chi connectivity index (χ1n) is 11.2. The zero-order chi connectivity index (χ0) is 24.9. The topological polar surface area (TPSA) is 114 Å². The third-order valence-corrected chi connectivity index (χ3v) is 5.91. The molecule has 2 aromatic carbocycles. The van der Waals surface area contributed by atoms with E-state index in [2.05, 4.69) is 10.4 Å². The molecule has 180 valence electrons. The summed E-state index contributed by atoms with van der Waals surface area (Å²) in [5.41, 5.74) is 1.29. The smallest absolute Gasteiger partial charge is 0.305 e. The van der Waals surface area contributed by atoms with Crippen LogP contribution in [-0.2, 0) is 4.79 Å². The van der Waals surface area contributed by atoms with Gasteiger partial charge in [0, 0.05) is 6.07 Å². The summed E-state index contributed by atoms with van der Waals surface area (Å²) in [5, 5.41) is 27.2. The molecule has 1 amide bonds. The van der Waals surface area contributed by atoms with E-state index in [1.165, 1.54) is 10.7 Å². The van der Waals surface area contributed by atoms with Gasteiger partial charge >= 0.3 is 5.97 Å². The molecule has 0 aliphatic heterocycles. The van der Waals surface area contributed by atoms with Crippen LogP contribution < -0.4 is 10.1 Å². The van der Waals surface area contributed by atoms with Crippen LogP contribution in [0.4, 0.5) is 0 Å². The quantitative estimate of drug-likeness (QED) is 0.418. The maximum atomic E-state index is 13.1. The number of para-hydroxylation sites is 1. The Labute approximate surface area is 199 Å². The monoisotopic (exact) mass is 465 g/mol. The van der Waals surface area contributed by atoms with Crippen molar-refractivity contribution >= 4 is 11.9 Å². The normalized spacial score (nSPS) is 13.8. The zero-order valence-electron chi connectivity index (χ0n) is 19.9. The van der Waals surface area contributed by atoms with E-state index < -0.39 is 23.5 Å². The highest BCUT2D eigenvalue weighted by Gasteiger charge is 2.28. The highest BCUT2D eigenvalue weighted by Crippen LogP contribution is 2.25. The number of carbonyl (C=O) groups excluding carboxylic acids is 1. The first-order valence-corrected chi connectivity index (χ1v) is 11.2. The number of carboxylic acid groups (broad SMARTS) is 1. The molecule has 1 aromatic heterocycles. The summed E-state index contributed by atoms with van der Waals surface area (Å²) in [6, 6.07) is 17.3. The van der Waals surface area contributed by atoms with Crippen molar-refractivity contribution in [3.8, 4) is 11.6 Å². The van der Waals surface area contributed by atoms with Crippen molar-refractivity contribution in [1.29, 1.82) is 0 Å². The van der Waals surface area contributed by atoms with Crippen LogP contribution in [0.15, 0.2) is 60.7 Å². The van der Waals surface area contributed by atoms with Gasteiger partial charge < -0.3 is 20.3 Å². The van der Waals surface area contributed by atoms with Gasteiger partial charge in [-0.15, -0.1) is 0 Å². The molecular formula is C26H31N3O5. The number of carboxylic acids is 1. The van der Waals surface area contributed by atoms with E-state index in [1.54, 1.807) is 19.1 Å². The molecule has 8 nitrogen and oxygen atoms in total. The van der Waals surface area contributed by atoms with Crippen molar-refractivity contribution in [1.82, 2.24) is 15.1 Å². The van der Waals surface area contributed by atoms with Gasteiger partial charge in [-0.2, -0.15) is 5.10 Å². The van der Waals surface area contributed by atoms with Crippen LogP contribution >= 0.6 is 0 Å². The number of hydrogen-bond acceptors (Lipinski definition) is 5. The molecule has 34 heavy (non-hydrogen) atoms. The maximum absolute atomic E-state index is 13.1. The second-order valence-electron chi connectivity index (χ2n) is 8.90. The number of ether oxygens (including phenoxy) is 1. The lowest BCUT2D eigenvalue weighted by Crippen LogP contribution is -2.38. The Bertz CT molecular complexity index is 1140. The van der Waals surface area contributed by atoms with E-state index in [1.807, 2.05) is 63.2 Å². The van der Waals surface area contributed by atoms with Crippen molar-refractivity contribution in [2.24, 2.45) is 5.92 Å². The van der Waals surface area contributed by atoms with Gasteiger partial charge in [-0.25, -0.2) is 4.68 Å². The van der Waals surface area contributed by atoms with Crippen molar-refractivity contribution in [3.05, 3.63) is 77.5 Å². The molecule has 0 radical (unpaired) electrons. The van der Waals surface area contributed by atoms with Gasteiger partial charge in [-0.05, 0) is 43.0 Å².